The lowest BCUT2D eigenvalue weighted by Gasteiger charge is -2.41. The number of piperazine rings is 1. The second-order valence-electron chi connectivity index (χ2n) is 8.51. The fraction of sp³-hybridized carbons (Fsp3) is 0.714. The Bertz CT molecular complexity index is 654. The van der Waals surface area contributed by atoms with Crippen LogP contribution in [0, 0.1) is 0 Å². The molecule has 0 amide bonds. The summed E-state index contributed by atoms with van der Waals surface area (Å²) in [7, 11) is 3.98. The minimum atomic E-state index is 0. The maximum absolute atomic E-state index is 5.47. The number of halogens is 1. The summed E-state index contributed by atoms with van der Waals surface area (Å²) >= 11 is 0. The lowest BCUT2D eigenvalue weighted by molar-refractivity contribution is -0.00834. The minimum absolute atomic E-state index is 0. The van der Waals surface area contributed by atoms with Crippen LogP contribution in [0.1, 0.15) is 19.4 Å². The van der Waals surface area contributed by atoms with Gasteiger partial charge in [0.2, 0.25) is 0 Å². The molecular weight excluding hydrogens is 493 g/mol. The third-order valence-electron chi connectivity index (χ3n) is 5.88. The molecule has 2 aliphatic heterocycles. The highest BCUT2D eigenvalue weighted by Crippen LogP contribution is 2.15. The van der Waals surface area contributed by atoms with Gasteiger partial charge in [-0.2, -0.15) is 0 Å². The zero-order valence-corrected chi connectivity index (χ0v) is 21.2. The highest BCUT2D eigenvalue weighted by molar-refractivity contribution is 14.0. The van der Waals surface area contributed by atoms with Crippen LogP contribution in [0.4, 0.5) is 5.82 Å². The van der Waals surface area contributed by atoms with E-state index in [9.17, 15) is 0 Å². The molecule has 0 spiro atoms. The third kappa shape index (κ3) is 7.21. The van der Waals surface area contributed by atoms with Crippen LogP contribution in [0.2, 0.25) is 0 Å². The number of likely N-dealkylation sites (N-methyl/N-ethyl adjacent to an activating group) is 1. The van der Waals surface area contributed by atoms with Crippen molar-refractivity contribution in [3.05, 3.63) is 23.9 Å². The molecule has 1 aromatic rings. The molecule has 8 nitrogen and oxygen atoms in total. The van der Waals surface area contributed by atoms with E-state index < -0.39 is 0 Å². The molecule has 3 rings (SSSR count). The third-order valence-corrected chi connectivity index (χ3v) is 5.88. The predicted octanol–water partition coefficient (Wildman–Crippen LogP) is 1.23. The fourth-order valence-corrected chi connectivity index (χ4v) is 3.73. The van der Waals surface area contributed by atoms with Gasteiger partial charge in [-0.1, -0.05) is 6.07 Å². The lowest BCUT2D eigenvalue weighted by atomic mass is 10.0. The van der Waals surface area contributed by atoms with Crippen molar-refractivity contribution in [2.75, 3.05) is 78.0 Å². The van der Waals surface area contributed by atoms with E-state index in [0.717, 1.165) is 76.4 Å². The fourth-order valence-electron chi connectivity index (χ4n) is 3.73. The van der Waals surface area contributed by atoms with Crippen LogP contribution in [-0.4, -0.2) is 99.4 Å². The number of hydrogen-bond donors (Lipinski definition) is 2. The Morgan fingerprint density at radius 2 is 1.80 bits per heavy atom. The molecule has 0 aliphatic carbocycles. The second-order valence-corrected chi connectivity index (χ2v) is 8.51. The number of guanidine groups is 1. The van der Waals surface area contributed by atoms with Crippen molar-refractivity contribution in [2.24, 2.45) is 4.99 Å². The number of aliphatic imine (C=N–C) groups is 1. The number of ether oxygens (including phenoxy) is 1. The summed E-state index contributed by atoms with van der Waals surface area (Å²) in [6.07, 6.45) is 1.96. The summed E-state index contributed by atoms with van der Waals surface area (Å²) in [6.45, 7) is 13.9. The number of aromatic nitrogens is 1. The molecule has 9 heteroatoms. The molecular formula is C21H38IN7O. The smallest absolute Gasteiger partial charge is 0.191 e. The molecule has 0 radical (unpaired) electrons. The Hall–Kier alpha value is -1.17. The number of pyridine rings is 1. The lowest BCUT2D eigenvalue weighted by Crippen LogP contribution is -2.56. The van der Waals surface area contributed by atoms with Crippen LogP contribution >= 0.6 is 24.0 Å². The largest absolute Gasteiger partial charge is 0.379 e. The van der Waals surface area contributed by atoms with E-state index in [2.05, 4.69) is 68.3 Å². The Kier molecular flexibility index (Phi) is 10.1. The van der Waals surface area contributed by atoms with Gasteiger partial charge in [0.05, 0.1) is 13.2 Å². The normalized spacial score (nSPS) is 19.3. The number of morpholine rings is 1. The van der Waals surface area contributed by atoms with Crippen LogP contribution in [0.25, 0.3) is 0 Å². The molecule has 170 valence electrons. The quantitative estimate of drug-likeness (QED) is 0.325. The van der Waals surface area contributed by atoms with Crippen molar-refractivity contribution in [2.45, 2.75) is 25.9 Å². The minimum Gasteiger partial charge on any atom is -0.379 e. The number of nitrogens with one attached hydrogen (secondary N) is 2. The zero-order chi connectivity index (χ0) is 20.7. The van der Waals surface area contributed by atoms with E-state index in [-0.39, 0.29) is 29.5 Å². The molecule has 0 unspecified atom stereocenters. The number of rotatable bonds is 6. The molecule has 2 aliphatic rings. The Morgan fingerprint density at radius 1 is 1.10 bits per heavy atom. The van der Waals surface area contributed by atoms with Crippen LogP contribution < -0.4 is 15.5 Å². The first-order valence-electron chi connectivity index (χ1n) is 10.6. The molecule has 2 fully saturated rings. The van der Waals surface area contributed by atoms with E-state index in [4.69, 9.17) is 4.74 Å². The first kappa shape index (κ1) is 25.1. The van der Waals surface area contributed by atoms with E-state index in [1.165, 1.54) is 0 Å². The average Bonchev–Trinajstić information content (AvgIpc) is 2.75. The van der Waals surface area contributed by atoms with Crippen LogP contribution in [0.3, 0.4) is 0 Å². The van der Waals surface area contributed by atoms with Gasteiger partial charge in [-0.05, 0) is 32.5 Å². The van der Waals surface area contributed by atoms with Crippen molar-refractivity contribution in [1.29, 1.82) is 0 Å². The van der Waals surface area contributed by atoms with Gasteiger partial charge >= 0.3 is 0 Å². The van der Waals surface area contributed by atoms with E-state index >= 15 is 0 Å². The van der Waals surface area contributed by atoms with E-state index in [0.29, 0.717) is 6.54 Å². The molecule has 0 saturated carbocycles. The van der Waals surface area contributed by atoms with Crippen LogP contribution in [0.5, 0.6) is 0 Å². The maximum atomic E-state index is 5.47. The Labute approximate surface area is 198 Å². The van der Waals surface area contributed by atoms with Gasteiger partial charge in [-0.3, -0.25) is 9.89 Å². The van der Waals surface area contributed by atoms with Crippen molar-refractivity contribution in [1.82, 2.24) is 25.4 Å². The zero-order valence-electron chi connectivity index (χ0n) is 18.9. The van der Waals surface area contributed by atoms with Gasteiger partial charge in [0.25, 0.3) is 0 Å². The SMILES string of the molecule is CN=C(NCc1ccc(N2CCN(C)CC2)nc1)NCC(C)(C)N1CCOCC1.I. The summed E-state index contributed by atoms with van der Waals surface area (Å²) in [6, 6.07) is 4.28. The van der Waals surface area contributed by atoms with E-state index in [1.54, 1.807) is 0 Å². The first-order valence-corrected chi connectivity index (χ1v) is 10.6. The molecule has 3 heterocycles. The van der Waals surface area contributed by atoms with Crippen molar-refractivity contribution >= 4 is 35.8 Å². The van der Waals surface area contributed by atoms with Gasteiger partial charge in [-0.15, -0.1) is 24.0 Å². The summed E-state index contributed by atoms with van der Waals surface area (Å²) in [4.78, 5) is 16.2. The standard InChI is InChI=1S/C21H37N7O.HI/c1-21(2,28-11-13-29-14-12-28)17-25-20(22-3)24-16-18-5-6-19(23-15-18)27-9-7-26(4)8-10-27;/h5-6,15H,7-14,16-17H2,1-4H3,(H2,22,24,25);1H. The van der Waals surface area contributed by atoms with Crippen LogP contribution in [0.15, 0.2) is 23.3 Å². The highest BCUT2D eigenvalue weighted by atomic mass is 127. The monoisotopic (exact) mass is 531 g/mol. The molecule has 2 N–H and O–H groups in total. The van der Waals surface area contributed by atoms with Gasteiger partial charge < -0.3 is 25.2 Å². The summed E-state index contributed by atoms with van der Waals surface area (Å²) in [5.74, 6) is 1.88. The molecule has 1 aromatic heterocycles. The molecule has 0 atom stereocenters. The second kappa shape index (κ2) is 12.0. The predicted molar refractivity (Wildman–Crippen MR) is 134 cm³/mol. The van der Waals surface area contributed by atoms with E-state index in [1.807, 2.05) is 13.2 Å². The Morgan fingerprint density at radius 3 is 2.40 bits per heavy atom. The number of nitrogens with zero attached hydrogens (tertiary/aromatic N) is 5. The summed E-state index contributed by atoms with van der Waals surface area (Å²) < 4.78 is 5.47. The van der Waals surface area contributed by atoms with Gasteiger partial charge in [0.1, 0.15) is 5.82 Å². The number of anilines is 1. The first-order chi connectivity index (χ1) is 14.0. The average molecular weight is 531 g/mol. The maximum Gasteiger partial charge on any atom is 0.191 e. The number of hydrogen-bond acceptors (Lipinski definition) is 6. The highest BCUT2D eigenvalue weighted by Gasteiger charge is 2.28. The summed E-state index contributed by atoms with van der Waals surface area (Å²) in [5.41, 5.74) is 1.20. The topological polar surface area (TPSA) is 68.3 Å². The van der Waals surface area contributed by atoms with Crippen molar-refractivity contribution in [3.8, 4) is 0 Å². The van der Waals surface area contributed by atoms with Crippen molar-refractivity contribution in [3.63, 3.8) is 0 Å². The Balaban J connectivity index is 0.00000320. The molecule has 30 heavy (non-hydrogen) atoms. The van der Waals surface area contributed by atoms with Crippen LogP contribution in [-0.2, 0) is 11.3 Å². The van der Waals surface area contributed by atoms with Crippen molar-refractivity contribution < 1.29 is 4.74 Å². The summed E-state index contributed by atoms with van der Waals surface area (Å²) in [5, 5.41) is 6.87. The molecule has 2 saturated heterocycles. The van der Waals surface area contributed by atoms with Gasteiger partial charge in [0, 0.05) is 71.1 Å². The molecule has 0 aromatic carbocycles. The van der Waals surface area contributed by atoms with Gasteiger partial charge in [-0.25, -0.2) is 4.98 Å². The van der Waals surface area contributed by atoms with Gasteiger partial charge in [0.15, 0.2) is 5.96 Å². The molecule has 0 bridgehead atoms.